The Morgan fingerprint density at radius 1 is 1.09 bits per heavy atom. The van der Waals surface area contributed by atoms with Crippen LogP contribution in [0.25, 0.3) is 0 Å². The molecule has 34 heavy (non-hydrogen) atoms. The van der Waals surface area contributed by atoms with Gasteiger partial charge in [0.2, 0.25) is 21.8 Å². The molecule has 0 aliphatic rings. The molecule has 0 aromatic heterocycles. The minimum Gasteiger partial charge on any atom is -0.354 e. The zero-order chi connectivity index (χ0) is 25.5. The van der Waals surface area contributed by atoms with Crippen LogP contribution in [0.5, 0.6) is 0 Å². The van der Waals surface area contributed by atoms with Crippen molar-refractivity contribution < 1.29 is 18.0 Å². The van der Waals surface area contributed by atoms with Crippen molar-refractivity contribution in [3.05, 3.63) is 62.5 Å². The van der Waals surface area contributed by atoms with Gasteiger partial charge in [0, 0.05) is 33.2 Å². The Morgan fingerprint density at radius 3 is 2.21 bits per heavy atom. The number of halogens is 3. The second-order valence-electron chi connectivity index (χ2n) is 7.79. The molecule has 0 aliphatic heterocycles. The monoisotopic (exact) mass is 591 g/mol. The Hall–Kier alpha value is -1.81. The summed E-state index contributed by atoms with van der Waals surface area (Å²) >= 11 is 16.0. The molecule has 0 fully saturated rings. The molecule has 186 valence electrons. The van der Waals surface area contributed by atoms with Crippen LogP contribution in [0.15, 0.2) is 46.9 Å². The quantitative estimate of drug-likeness (QED) is 0.378. The van der Waals surface area contributed by atoms with E-state index >= 15 is 0 Å². The van der Waals surface area contributed by atoms with E-state index in [-0.39, 0.29) is 12.5 Å². The minimum absolute atomic E-state index is 0.0579. The summed E-state index contributed by atoms with van der Waals surface area (Å²) in [6.07, 6.45) is 2.73. The number of hydrogen-bond acceptors (Lipinski definition) is 4. The highest BCUT2D eigenvalue weighted by molar-refractivity contribution is 9.10. The topological polar surface area (TPSA) is 86.8 Å². The smallest absolute Gasteiger partial charge is 0.244 e. The van der Waals surface area contributed by atoms with E-state index in [1.165, 1.54) is 4.90 Å². The van der Waals surface area contributed by atoms with Gasteiger partial charge in [0.25, 0.3) is 0 Å². The number of rotatable bonds is 11. The Kier molecular flexibility index (Phi) is 10.7. The molecule has 0 spiro atoms. The molecular formula is C23H28BrCl2N3O4S. The molecule has 1 N–H and O–H groups in total. The van der Waals surface area contributed by atoms with Gasteiger partial charge in [-0.2, -0.15) is 0 Å². The first-order valence-corrected chi connectivity index (χ1v) is 14.1. The van der Waals surface area contributed by atoms with Gasteiger partial charge in [0.1, 0.15) is 12.6 Å². The van der Waals surface area contributed by atoms with Crippen molar-refractivity contribution in [2.45, 2.75) is 39.3 Å². The molecule has 2 rings (SSSR count). The third-order valence-corrected chi connectivity index (χ3v) is 7.56. The van der Waals surface area contributed by atoms with Gasteiger partial charge in [-0.3, -0.25) is 13.9 Å². The molecule has 11 heteroatoms. The largest absolute Gasteiger partial charge is 0.354 e. The average molecular weight is 593 g/mol. The summed E-state index contributed by atoms with van der Waals surface area (Å²) in [5.74, 6) is -0.915. The van der Waals surface area contributed by atoms with Gasteiger partial charge >= 0.3 is 0 Å². The van der Waals surface area contributed by atoms with E-state index in [0.29, 0.717) is 27.8 Å². The van der Waals surface area contributed by atoms with Crippen LogP contribution >= 0.6 is 39.1 Å². The lowest BCUT2D eigenvalue weighted by Gasteiger charge is -2.32. The summed E-state index contributed by atoms with van der Waals surface area (Å²) in [6.45, 7) is 3.52. The highest BCUT2D eigenvalue weighted by Gasteiger charge is 2.30. The lowest BCUT2D eigenvalue weighted by atomic mass is 10.1. The Bertz CT molecular complexity index is 1090. The molecular weight excluding hydrogens is 565 g/mol. The lowest BCUT2D eigenvalue weighted by molar-refractivity contribution is -0.139. The number of nitrogens with one attached hydrogen (secondary N) is 1. The maximum Gasteiger partial charge on any atom is 0.244 e. The zero-order valence-corrected chi connectivity index (χ0v) is 23.1. The summed E-state index contributed by atoms with van der Waals surface area (Å²) in [4.78, 5) is 27.6. The van der Waals surface area contributed by atoms with E-state index in [1.54, 1.807) is 49.4 Å². The fraction of sp³-hybridized carbons (Fsp3) is 0.391. The van der Waals surface area contributed by atoms with Gasteiger partial charge in [-0.05, 0) is 49.7 Å². The van der Waals surface area contributed by atoms with Crippen LogP contribution in [0, 0.1) is 0 Å². The van der Waals surface area contributed by atoms with E-state index in [4.69, 9.17) is 23.2 Å². The first-order chi connectivity index (χ1) is 16.0. The fourth-order valence-corrected chi connectivity index (χ4v) is 4.82. The molecule has 0 saturated carbocycles. The molecule has 0 radical (unpaired) electrons. The van der Waals surface area contributed by atoms with Crippen LogP contribution in [0.3, 0.4) is 0 Å². The van der Waals surface area contributed by atoms with Crippen molar-refractivity contribution in [1.29, 1.82) is 0 Å². The number of sulfonamides is 1. The molecule has 2 aromatic carbocycles. The van der Waals surface area contributed by atoms with E-state index in [0.717, 1.165) is 27.9 Å². The van der Waals surface area contributed by atoms with Crippen LogP contribution in [0.4, 0.5) is 5.69 Å². The molecule has 0 unspecified atom stereocenters. The predicted octanol–water partition coefficient (Wildman–Crippen LogP) is 4.86. The van der Waals surface area contributed by atoms with Crippen molar-refractivity contribution in [2.24, 2.45) is 0 Å². The summed E-state index contributed by atoms with van der Waals surface area (Å²) in [5.41, 5.74) is 0.803. The van der Waals surface area contributed by atoms with Crippen molar-refractivity contribution in [3.63, 3.8) is 0 Å². The van der Waals surface area contributed by atoms with Gasteiger partial charge < -0.3 is 10.2 Å². The molecule has 1 atom stereocenters. The van der Waals surface area contributed by atoms with Crippen molar-refractivity contribution in [3.8, 4) is 0 Å². The number of benzene rings is 2. The fourth-order valence-electron chi connectivity index (χ4n) is 3.19. The number of nitrogens with zero attached hydrogens (tertiary/aromatic N) is 2. The number of anilines is 1. The SMILES string of the molecule is CCCCNC(=O)[C@@H](C)N(Cc1c(Cl)cccc1Cl)C(=O)CN(c1ccc(Br)cc1)S(C)(=O)=O. The number of unbranched alkanes of at least 4 members (excludes halogenated alkanes) is 1. The summed E-state index contributed by atoms with van der Waals surface area (Å²) < 4.78 is 26.9. The van der Waals surface area contributed by atoms with Crippen LogP contribution in [-0.2, 0) is 26.2 Å². The molecule has 0 heterocycles. The summed E-state index contributed by atoms with van der Waals surface area (Å²) in [6, 6.07) is 10.6. The Balaban J connectivity index is 2.39. The van der Waals surface area contributed by atoms with Gasteiger partial charge in [-0.1, -0.05) is 58.5 Å². The second kappa shape index (κ2) is 12.8. The molecule has 0 bridgehead atoms. The van der Waals surface area contributed by atoms with Crippen LogP contribution in [0.2, 0.25) is 10.0 Å². The van der Waals surface area contributed by atoms with Gasteiger partial charge in [-0.15, -0.1) is 0 Å². The number of hydrogen-bond donors (Lipinski definition) is 1. The number of carbonyl (C=O) groups excluding carboxylic acids is 2. The van der Waals surface area contributed by atoms with Crippen LogP contribution < -0.4 is 9.62 Å². The number of amides is 2. The molecule has 0 saturated heterocycles. The Labute approximate surface area is 219 Å². The van der Waals surface area contributed by atoms with Gasteiger partial charge in [-0.25, -0.2) is 8.42 Å². The molecule has 7 nitrogen and oxygen atoms in total. The van der Waals surface area contributed by atoms with Gasteiger partial charge in [0.15, 0.2) is 0 Å². The van der Waals surface area contributed by atoms with Crippen LogP contribution in [0.1, 0.15) is 32.3 Å². The van der Waals surface area contributed by atoms with Crippen molar-refractivity contribution >= 4 is 66.7 Å². The minimum atomic E-state index is -3.79. The zero-order valence-electron chi connectivity index (χ0n) is 19.2. The standard InChI is InChI=1S/C23H28BrCl2N3O4S/c1-4-5-13-27-23(31)16(2)28(14-19-20(25)7-6-8-21(19)26)22(30)15-29(34(3,32)33)18-11-9-17(24)10-12-18/h6-12,16H,4-5,13-15H2,1-3H3,(H,27,31)/t16-/m1/s1. The van der Waals surface area contributed by atoms with Crippen molar-refractivity contribution in [2.75, 3.05) is 23.7 Å². The van der Waals surface area contributed by atoms with E-state index in [2.05, 4.69) is 21.2 Å². The highest BCUT2D eigenvalue weighted by atomic mass is 79.9. The molecule has 0 aliphatic carbocycles. The van der Waals surface area contributed by atoms with E-state index in [9.17, 15) is 18.0 Å². The predicted molar refractivity (Wildman–Crippen MR) is 141 cm³/mol. The molecule has 2 aromatic rings. The van der Waals surface area contributed by atoms with Crippen molar-refractivity contribution in [1.82, 2.24) is 10.2 Å². The van der Waals surface area contributed by atoms with E-state index in [1.807, 2.05) is 6.92 Å². The van der Waals surface area contributed by atoms with E-state index < -0.39 is 28.5 Å². The summed E-state index contributed by atoms with van der Waals surface area (Å²) in [5, 5.41) is 3.51. The highest BCUT2D eigenvalue weighted by Crippen LogP contribution is 2.27. The third kappa shape index (κ3) is 7.86. The maximum absolute atomic E-state index is 13.5. The third-order valence-electron chi connectivity index (χ3n) is 5.18. The first kappa shape index (κ1) is 28.4. The number of carbonyl (C=O) groups is 2. The molecule has 2 amide bonds. The first-order valence-electron chi connectivity index (χ1n) is 10.7. The summed E-state index contributed by atoms with van der Waals surface area (Å²) in [7, 11) is -3.79. The average Bonchev–Trinajstić information content (AvgIpc) is 2.77. The second-order valence-corrected chi connectivity index (χ2v) is 11.4. The normalized spacial score (nSPS) is 12.2. The van der Waals surface area contributed by atoms with Crippen LogP contribution in [-0.4, -0.2) is 50.5 Å². The lowest BCUT2D eigenvalue weighted by Crippen LogP contribution is -2.51. The maximum atomic E-state index is 13.5. The Morgan fingerprint density at radius 2 is 1.68 bits per heavy atom. The van der Waals surface area contributed by atoms with Gasteiger partial charge in [0.05, 0.1) is 11.9 Å².